The molecule has 0 saturated heterocycles. The maximum Gasteiger partial charge on any atom is 0.324 e. The average molecular weight is 395 g/mol. The Labute approximate surface area is 142 Å². The predicted octanol–water partition coefficient (Wildman–Crippen LogP) is 2.15. The number of hydrogen-bond acceptors (Lipinski definition) is 5. The molecule has 0 radical (unpaired) electrons. The highest BCUT2D eigenvalue weighted by atomic mass is 32.2. The SMILES string of the molecule is O=C1c2ccccc2C(O)N1OS(=O)(=O)c1c(F)c(F)c(F)c(F)c1F. The van der Waals surface area contributed by atoms with E-state index in [4.69, 9.17) is 0 Å². The van der Waals surface area contributed by atoms with Crippen LogP contribution in [0.4, 0.5) is 22.0 Å². The van der Waals surface area contributed by atoms with Gasteiger partial charge in [0.15, 0.2) is 34.4 Å². The predicted molar refractivity (Wildman–Crippen MR) is 72.1 cm³/mol. The molecule has 1 unspecified atom stereocenters. The highest BCUT2D eigenvalue weighted by Gasteiger charge is 2.42. The van der Waals surface area contributed by atoms with E-state index in [9.17, 15) is 40.3 Å². The lowest BCUT2D eigenvalue weighted by Crippen LogP contribution is -2.32. The molecular weight excluding hydrogens is 389 g/mol. The number of carbonyl (C=O) groups excluding carboxylic acids is 1. The first-order chi connectivity index (χ1) is 12.1. The maximum atomic E-state index is 13.7. The topological polar surface area (TPSA) is 83.9 Å². The lowest BCUT2D eigenvalue weighted by atomic mass is 10.1. The molecule has 6 nitrogen and oxygen atoms in total. The van der Waals surface area contributed by atoms with Gasteiger partial charge in [-0.05, 0) is 6.07 Å². The van der Waals surface area contributed by atoms with Gasteiger partial charge in [-0.1, -0.05) is 18.2 Å². The third kappa shape index (κ3) is 2.53. The first-order valence-electron chi connectivity index (χ1n) is 6.64. The van der Waals surface area contributed by atoms with Crippen LogP contribution in [-0.2, 0) is 14.4 Å². The lowest BCUT2D eigenvalue weighted by molar-refractivity contribution is -0.126. The van der Waals surface area contributed by atoms with Crippen LogP contribution >= 0.6 is 0 Å². The van der Waals surface area contributed by atoms with Crippen LogP contribution < -0.4 is 0 Å². The van der Waals surface area contributed by atoms with Crippen molar-refractivity contribution in [2.45, 2.75) is 11.1 Å². The summed E-state index contributed by atoms with van der Waals surface area (Å²) in [7, 11) is -5.70. The molecule has 1 N–H and O–H groups in total. The van der Waals surface area contributed by atoms with E-state index in [2.05, 4.69) is 4.28 Å². The molecule has 26 heavy (non-hydrogen) atoms. The summed E-state index contributed by atoms with van der Waals surface area (Å²) in [6, 6.07) is 5.23. The van der Waals surface area contributed by atoms with Gasteiger partial charge in [-0.3, -0.25) is 4.79 Å². The Bertz CT molecular complexity index is 1010. The third-order valence-corrected chi connectivity index (χ3v) is 4.70. The Kier molecular flexibility index (Phi) is 4.21. The van der Waals surface area contributed by atoms with Crippen LogP contribution in [0.2, 0.25) is 0 Å². The largest absolute Gasteiger partial charge is 0.367 e. The molecule has 0 spiro atoms. The quantitative estimate of drug-likeness (QED) is 0.489. The van der Waals surface area contributed by atoms with E-state index < -0.39 is 56.2 Å². The van der Waals surface area contributed by atoms with Gasteiger partial charge in [0.05, 0.1) is 0 Å². The van der Waals surface area contributed by atoms with E-state index in [0.717, 1.165) is 0 Å². The van der Waals surface area contributed by atoms with Gasteiger partial charge in [-0.2, -0.15) is 13.5 Å². The summed E-state index contributed by atoms with van der Waals surface area (Å²) in [5, 5.41) is 9.78. The fourth-order valence-corrected chi connectivity index (χ4v) is 3.35. The van der Waals surface area contributed by atoms with Gasteiger partial charge in [-0.25, -0.2) is 22.0 Å². The summed E-state index contributed by atoms with van der Waals surface area (Å²) in [6.45, 7) is 0. The van der Waals surface area contributed by atoms with E-state index in [0.29, 0.717) is 0 Å². The normalized spacial score (nSPS) is 16.9. The molecule has 0 bridgehead atoms. The summed E-state index contributed by atoms with van der Waals surface area (Å²) in [5.41, 5.74) is -0.252. The van der Waals surface area contributed by atoms with Crippen molar-refractivity contribution >= 4 is 16.0 Å². The highest BCUT2D eigenvalue weighted by molar-refractivity contribution is 7.86. The summed E-state index contributed by atoms with van der Waals surface area (Å²) in [6.07, 6.45) is -1.98. The molecule has 0 saturated carbocycles. The Hall–Kier alpha value is -2.57. The number of carbonyl (C=O) groups is 1. The minimum Gasteiger partial charge on any atom is -0.367 e. The minimum absolute atomic E-state index is 0.0786. The van der Waals surface area contributed by atoms with E-state index in [1.165, 1.54) is 24.3 Å². The zero-order valence-corrected chi connectivity index (χ0v) is 13.0. The van der Waals surface area contributed by atoms with Crippen LogP contribution in [-0.4, -0.2) is 24.5 Å². The maximum absolute atomic E-state index is 13.7. The second-order valence-corrected chi connectivity index (χ2v) is 6.49. The Balaban J connectivity index is 2.06. The van der Waals surface area contributed by atoms with Crippen molar-refractivity contribution in [3.63, 3.8) is 0 Å². The summed E-state index contributed by atoms with van der Waals surface area (Å²) >= 11 is 0. The zero-order chi connectivity index (χ0) is 19.4. The third-order valence-electron chi connectivity index (χ3n) is 3.49. The van der Waals surface area contributed by atoms with Crippen molar-refractivity contribution in [3.05, 3.63) is 64.5 Å². The second-order valence-electron chi connectivity index (χ2n) is 5.02. The second kappa shape index (κ2) is 6.00. The van der Waals surface area contributed by atoms with Gasteiger partial charge in [0.25, 0.3) is 5.91 Å². The molecule has 0 aromatic heterocycles. The number of rotatable bonds is 3. The number of amides is 1. The van der Waals surface area contributed by atoms with E-state index in [1.54, 1.807) is 0 Å². The molecule has 2 aromatic carbocycles. The van der Waals surface area contributed by atoms with Gasteiger partial charge in [0, 0.05) is 11.1 Å². The number of aliphatic hydroxyl groups excluding tert-OH is 1. The fraction of sp³-hybridized carbons (Fsp3) is 0.0714. The van der Waals surface area contributed by atoms with Crippen LogP contribution in [0.5, 0.6) is 0 Å². The highest BCUT2D eigenvalue weighted by Crippen LogP contribution is 2.35. The van der Waals surface area contributed by atoms with Gasteiger partial charge >= 0.3 is 10.1 Å². The fourth-order valence-electron chi connectivity index (χ4n) is 2.29. The summed E-state index contributed by atoms with van der Waals surface area (Å²) in [4.78, 5) is 9.77. The monoisotopic (exact) mass is 395 g/mol. The van der Waals surface area contributed by atoms with Crippen molar-refractivity contribution in [2.24, 2.45) is 0 Å². The van der Waals surface area contributed by atoms with Crippen LogP contribution in [0.15, 0.2) is 29.2 Å². The Morgan fingerprint density at radius 2 is 1.42 bits per heavy atom. The molecule has 1 aliphatic heterocycles. The molecule has 12 heteroatoms. The molecule has 1 atom stereocenters. The summed E-state index contributed by atoms with van der Waals surface area (Å²) < 4.78 is 95.0. The number of hydrogen-bond donors (Lipinski definition) is 1. The van der Waals surface area contributed by atoms with Crippen molar-refractivity contribution in [3.8, 4) is 0 Å². The molecular formula is C14H6F5NO5S. The van der Waals surface area contributed by atoms with Crippen LogP contribution in [0.1, 0.15) is 22.1 Å². The Morgan fingerprint density at radius 1 is 0.923 bits per heavy atom. The average Bonchev–Trinajstić information content (AvgIpc) is 2.83. The molecule has 1 amide bonds. The van der Waals surface area contributed by atoms with E-state index in [1.807, 2.05) is 0 Å². The van der Waals surface area contributed by atoms with Crippen LogP contribution in [0.25, 0.3) is 0 Å². The van der Waals surface area contributed by atoms with Crippen molar-refractivity contribution in [1.29, 1.82) is 0 Å². The lowest BCUT2D eigenvalue weighted by Gasteiger charge is -2.19. The number of halogens is 5. The van der Waals surface area contributed by atoms with E-state index in [-0.39, 0.29) is 16.2 Å². The number of nitrogens with zero attached hydrogens (tertiary/aromatic N) is 1. The van der Waals surface area contributed by atoms with Gasteiger partial charge in [0.2, 0.25) is 5.82 Å². The van der Waals surface area contributed by atoms with Crippen molar-refractivity contribution in [2.75, 3.05) is 0 Å². The van der Waals surface area contributed by atoms with Crippen molar-refractivity contribution in [1.82, 2.24) is 5.06 Å². The molecule has 0 aliphatic carbocycles. The Morgan fingerprint density at radius 3 is 1.96 bits per heavy atom. The van der Waals surface area contributed by atoms with Crippen LogP contribution in [0.3, 0.4) is 0 Å². The number of fused-ring (bicyclic) bond motifs is 1. The van der Waals surface area contributed by atoms with Gasteiger partial charge < -0.3 is 5.11 Å². The van der Waals surface area contributed by atoms with Crippen molar-refractivity contribution < 1.29 is 44.6 Å². The molecule has 1 heterocycles. The molecule has 0 fully saturated rings. The molecule has 2 aromatic rings. The van der Waals surface area contributed by atoms with E-state index >= 15 is 0 Å². The first-order valence-corrected chi connectivity index (χ1v) is 8.05. The molecule has 138 valence electrons. The summed E-state index contributed by atoms with van der Waals surface area (Å²) in [5.74, 6) is -14.1. The molecule has 1 aliphatic rings. The number of benzene rings is 2. The van der Waals surface area contributed by atoms with Gasteiger partial charge in [-0.15, -0.1) is 4.28 Å². The smallest absolute Gasteiger partial charge is 0.324 e. The number of hydroxylamine groups is 2. The van der Waals surface area contributed by atoms with Crippen LogP contribution in [0, 0.1) is 29.1 Å². The number of aliphatic hydroxyl groups is 1. The zero-order valence-electron chi connectivity index (χ0n) is 12.2. The van der Waals surface area contributed by atoms with Gasteiger partial charge in [0.1, 0.15) is 0 Å². The minimum atomic E-state index is -5.70. The first kappa shape index (κ1) is 18.2. The standard InChI is InChI=1S/C14H6F5NO5S/c15-7-8(16)10(18)12(11(19)9(7)17)26(23,24)25-20-13(21)5-3-1-2-4-6(5)14(20)22/h1-4,13,21H. The molecule has 3 rings (SSSR count).